The maximum Gasteiger partial charge on any atom is 0.238 e. The van der Waals surface area contributed by atoms with E-state index in [0.717, 1.165) is 16.8 Å². The number of fused-ring (bicyclic) bond motifs is 6. The summed E-state index contributed by atoms with van der Waals surface area (Å²) in [6, 6.07) is 23.8. The molecule has 1 N–H and O–H groups in total. The second-order valence-corrected chi connectivity index (χ2v) is 10.9. The smallest absolute Gasteiger partial charge is 0.238 e. The van der Waals surface area contributed by atoms with Crippen LogP contribution < -0.4 is 10.2 Å². The summed E-state index contributed by atoms with van der Waals surface area (Å²) in [5.41, 5.74) is 3.43. The van der Waals surface area contributed by atoms with Crippen LogP contribution in [0.2, 0.25) is 5.02 Å². The van der Waals surface area contributed by atoms with Crippen LogP contribution in [0.15, 0.2) is 103 Å². The lowest BCUT2D eigenvalue weighted by Crippen LogP contribution is -2.51. The number of nitrogens with one attached hydrogen (secondary N) is 1. The molecule has 3 aromatic carbocycles. The summed E-state index contributed by atoms with van der Waals surface area (Å²) in [5.74, 6) is -1.95. The van der Waals surface area contributed by atoms with E-state index in [2.05, 4.69) is 10.3 Å². The summed E-state index contributed by atoms with van der Waals surface area (Å²) in [5, 5.41) is 3.35. The van der Waals surface area contributed by atoms with Crippen molar-refractivity contribution < 1.29 is 14.4 Å². The number of Topliss-reactive ketones (excluding diaryl/α,β-unsaturated/α-hetero) is 2. The summed E-state index contributed by atoms with van der Waals surface area (Å²) in [7, 11) is 0. The van der Waals surface area contributed by atoms with Crippen LogP contribution in [0.4, 0.5) is 11.4 Å². The zero-order valence-electron chi connectivity index (χ0n) is 21.5. The molecule has 0 aliphatic carbocycles. The first-order chi connectivity index (χ1) is 19.4. The van der Waals surface area contributed by atoms with E-state index in [4.69, 9.17) is 11.6 Å². The van der Waals surface area contributed by atoms with Crippen LogP contribution in [0.3, 0.4) is 0 Å². The molecule has 0 bridgehead atoms. The molecule has 4 heterocycles. The van der Waals surface area contributed by atoms with Crippen molar-refractivity contribution in [1.29, 1.82) is 0 Å². The Bertz CT molecular complexity index is 1750. The first-order valence-electron chi connectivity index (χ1n) is 13.1. The second kappa shape index (κ2) is 9.00. The monoisotopic (exact) mass is 545 g/mol. The van der Waals surface area contributed by atoms with Gasteiger partial charge in [-0.1, -0.05) is 66.2 Å². The maximum absolute atomic E-state index is 14.7. The zero-order chi connectivity index (χ0) is 27.6. The largest absolute Gasteiger partial charge is 0.352 e. The van der Waals surface area contributed by atoms with Gasteiger partial charge < -0.3 is 10.2 Å². The SMILES string of the molecule is CC1=C[C@H]2N(c3ccccc31)[C@H](C(=O)c1ccccc1Cl)[C@@H](C(=O)c1ccncc1)[C@]21C(=O)Nc2ccccc21. The highest BCUT2D eigenvalue weighted by molar-refractivity contribution is 6.34. The number of anilines is 2. The van der Waals surface area contributed by atoms with E-state index in [9.17, 15) is 14.4 Å². The van der Waals surface area contributed by atoms with Crippen molar-refractivity contribution in [1.82, 2.24) is 4.98 Å². The number of carbonyl (C=O) groups excluding carboxylic acids is 3. The highest BCUT2D eigenvalue weighted by atomic mass is 35.5. The number of ketones is 2. The maximum atomic E-state index is 14.7. The highest BCUT2D eigenvalue weighted by Crippen LogP contribution is 2.58. The van der Waals surface area contributed by atoms with Crippen molar-refractivity contribution in [3.05, 3.63) is 131 Å². The molecule has 1 amide bonds. The topological polar surface area (TPSA) is 79.4 Å². The van der Waals surface area contributed by atoms with Crippen LogP contribution >= 0.6 is 11.6 Å². The van der Waals surface area contributed by atoms with E-state index in [1.54, 1.807) is 48.8 Å². The lowest BCUT2D eigenvalue weighted by Gasteiger charge is -2.39. The number of amides is 1. The molecule has 0 radical (unpaired) electrons. The summed E-state index contributed by atoms with van der Waals surface area (Å²) < 4.78 is 0. The standard InChI is InChI=1S/C33H24ClN3O3/c1-19-18-27-33(23-10-4-6-12-25(23)36-32(33)40)28(30(38)20-14-16-35-17-15-20)29(31(39)22-9-2-5-11-24(22)34)37(27)26-13-7-3-8-21(19)26/h2-18,27-29H,1H3,(H,36,40)/t27-,28+,29+,33-/m1/s1. The van der Waals surface area contributed by atoms with E-state index in [1.807, 2.05) is 66.4 Å². The Labute approximate surface area is 236 Å². The number of halogens is 1. The number of benzene rings is 3. The molecule has 3 aliphatic rings. The van der Waals surface area contributed by atoms with Crippen molar-refractivity contribution in [3.63, 3.8) is 0 Å². The normalized spacial score (nSPS) is 24.1. The number of hydrogen-bond donors (Lipinski definition) is 1. The molecular weight excluding hydrogens is 522 g/mol. The van der Waals surface area contributed by atoms with E-state index >= 15 is 0 Å². The van der Waals surface area contributed by atoms with Gasteiger partial charge in [0.15, 0.2) is 11.6 Å². The number of pyridine rings is 1. The third-order valence-corrected chi connectivity index (χ3v) is 8.87. The predicted octanol–water partition coefficient (Wildman–Crippen LogP) is 5.98. The van der Waals surface area contributed by atoms with Crippen LogP contribution in [0, 0.1) is 5.92 Å². The number of rotatable bonds is 4. The number of carbonyl (C=O) groups is 3. The molecular formula is C33H24ClN3O3. The third-order valence-electron chi connectivity index (χ3n) is 8.54. The van der Waals surface area contributed by atoms with Gasteiger partial charge in [-0.3, -0.25) is 19.4 Å². The zero-order valence-corrected chi connectivity index (χ0v) is 22.3. The molecule has 0 saturated carbocycles. The summed E-state index contributed by atoms with van der Waals surface area (Å²) in [6.45, 7) is 2.01. The molecule has 1 aromatic heterocycles. The minimum atomic E-state index is -1.37. The predicted molar refractivity (Wildman–Crippen MR) is 155 cm³/mol. The molecule has 6 nitrogen and oxygen atoms in total. The van der Waals surface area contributed by atoms with Crippen molar-refractivity contribution in [3.8, 4) is 0 Å². The van der Waals surface area contributed by atoms with E-state index in [1.165, 1.54) is 0 Å². The number of para-hydroxylation sites is 2. The molecule has 1 spiro atoms. The molecule has 3 aliphatic heterocycles. The van der Waals surface area contributed by atoms with Gasteiger partial charge in [0, 0.05) is 40.5 Å². The minimum absolute atomic E-state index is 0.294. The van der Waals surface area contributed by atoms with E-state index in [0.29, 0.717) is 27.4 Å². The van der Waals surface area contributed by atoms with Crippen LogP contribution in [0.5, 0.6) is 0 Å². The molecule has 1 saturated heterocycles. The van der Waals surface area contributed by atoms with Gasteiger partial charge in [0.05, 0.1) is 17.0 Å². The molecule has 7 rings (SSSR count). The quantitative estimate of drug-likeness (QED) is 0.319. The lowest BCUT2D eigenvalue weighted by atomic mass is 9.64. The van der Waals surface area contributed by atoms with Crippen molar-refractivity contribution in [2.45, 2.75) is 24.4 Å². The lowest BCUT2D eigenvalue weighted by molar-refractivity contribution is -0.121. The fourth-order valence-corrected chi connectivity index (χ4v) is 7.13. The minimum Gasteiger partial charge on any atom is -0.352 e. The molecule has 7 heteroatoms. The molecule has 4 atom stereocenters. The Balaban J connectivity index is 1.57. The summed E-state index contributed by atoms with van der Waals surface area (Å²) in [4.78, 5) is 49.8. The molecule has 4 aromatic rings. The average molecular weight is 546 g/mol. The van der Waals surface area contributed by atoms with E-state index in [-0.39, 0.29) is 17.5 Å². The van der Waals surface area contributed by atoms with Crippen LogP contribution in [0.1, 0.15) is 38.8 Å². The Morgan fingerprint density at radius 1 is 0.900 bits per heavy atom. The first-order valence-corrected chi connectivity index (χ1v) is 13.5. The Hall–Kier alpha value is -4.55. The van der Waals surface area contributed by atoms with Gasteiger partial charge in [0.2, 0.25) is 5.91 Å². The molecule has 40 heavy (non-hydrogen) atoms. The van der Waals surface area contributed by atoms with Gasteiger partial charge in [-0.15, -0.1) is 0 Å². The van der Waals surface area contributed by atoms with Gasteiger partial charge in [-0.25, -0.2) is 0 Å². The van der Waals surface area contributed by atoms with Crippen molar-refractivity contribution in [2.75, 3.05) is 10.2 Å². The molecule has 1 fully saturated rings. The van der Waals surface area contributed by atoms with Gasteiger partial charge in [0.25, 0.3) is 0 Å². The van der Waals surface area contributed by atoms with Gasteiger partial charge >= 0.3 is 0 Å². The fraction of sp³-hybridized carbons (Fsp3) is 0.152. The third kappa shape index (κ3) is 3.23. The second-order valence-electron chi connectivity index (χ2n) is 10.5. The van der Waals surface area contributed by atoms with Crippen molar-refractivity contribution in [2.24, 2.45) is 5.92 Å². The number of allylic oxidation sites excluding steroid dienone is 1. The van der Waals surface area contributed by atoms with E-state index < -0.39 is 23.4 Å². The summed E-state index contributed by atoms with van der Waals surface area (Å²) in [6.07, 6.45) is 5.14. The van der Waals surface area contributed by atoms with Crippen LogP contribution in [-0.4, -0.2) is 34.5 Å². The first kappa shape index (κ1) is 24.5. The summed E-state index contributed by atoms with van der Waals surface area (Å²) >= 11 is 6.58. The van der Waals surface area contributed by atoms with Gasteiger partial charge in [-0.05, 0) is 54.5 Å². The van der Waals surface area contributed by atoms with Crippen LogP contribution in [-0.2, 0) is 10.2 Å². The Morgan fingerprint density at radius 3 is 2.40 bits per heavy atom. The Morgan fingerprint density at radius 2 is 1.60 bits per heavy atom. The van der Waals surface area contributed by atoms with Gasteiger partial charge in [0.1, 0.15) is 11.5 Å². The fourth-order valence-electron chi connectivity index (χ4n) is 6.90. The van der Waals surface area contributed by atoms with Gasteiger partial charge in [-0.2, -0.15) is 0 Å². The number of aromatic nitrogens is 1. The molecule has 196 valence electrons. The number of nitrogens with zero attached hydrogens (tertiary/aromatic N) is 2. The van der Waals surface area contributed by atoms with Crippen molar-refractivity contribution >= 4 is 46.0 Å². The number of hydrogen-bond acceptors (Lipinski definition) is 5. The molecule has 0 unspecified atom stereocenters. The highest BCUT2D eigenvalue weighted by Gasteiger charge is 2.70. The average Bonchev–Trinajstić information content (AvgIpc) is 3.45. The Kier molecular flexibility index (Phi) is 5.51. The van der Waals surface area contributed by atoms with Crippen LogP contribution in [0.25, 0.3) is 5.57 Å².